The van der Waals surface area contributed by atoms with Gasteiger partial charge in [-0.25, -0.2) is 13.1 Å². The fourth-order valence-corrected chi connectivity index (χ4v) is 3.76. The number of hydrogen-bond acceptors (Lipinski definition) is 3. The molecule has 0 heterocycles. The minimum Gasteiger partial charge on any atom is -0.392 e. The van der Waals surface area contributed by atoms with Crippen molar-refractivity contribution in [1.82, 2.24) is 4.72 Å². The maximum atomic E-state index is 11.9. The number of thiocarbonyl (C=S) groups is 1. The van der Waals surface area contributed by atoms with E-state index in [0.717, 1.165) is 18.8 Å². The zero-order chi connectivity index (χ0) is 13.8. The number of sulfonamides is 1. The predicted molar refractivity (Wildman–Crippen MR) is 78.9 cm³/mol. The van der Waals surface area contributed by atoms with Gasteiger partial charge in [-0.15, -0.1) is 0 Å². The van der Waals surface area contributed by atoms with Crippen molar-refractivity contribution in [1.29, 1.82) is 0 Å². The van der Waals surface area contributed by atoms with Crippen LogP contribution in [0.5, 0.6) is 0 Å². The van der Waals surface area contributed by atoms with Gasteiger partial charge in [-0.3, -0.25) is 0 Å². The first-order valence-electron chi connectivity index (χ1n) is 6.64. The third-order valence-electron chi connectivity index (χ3n) is 3.98. The van der Waals surface area contributed by atoms with Crippen molar-refractivity contribution in [3.8, 4) is 0 Å². The molecule has 106 valence electrons. The lowest BCUT2D eigenvalue weighted by Crippen LogP contribution is -2.42. The molecule has 0 radical (unpaired) electrons. The average molecular weight is 292 g/mol. The molecule has 1 atom stereocenters. The molecule has 3 N–H and O–H groups in total. The zero-order valence-corrected chi connectivity index (χ0v) is 12.8. The quantitative estimate of drug-likeness (QED) is 0.732. The summed E-state index contributed by atoms with van der Waals surface area (Å²) in [4.78, 5) is 0.0252. The summed E-state index contributed by atoms with van der Waals surface area (Å²) < 4.78 is 26.4. The van der Waals surface area contributed by atoms with Crippen LogP contribution in [-0.4, -0.2) is 25.2 Å². The molecule has 0 aromatic carbocycles. The summed E-state index contributed by atoms with van der Waals surface area (Å²) in [7, 11) is -3.39. The Labute approximate surface area is 116 Å². The van der Waals surface area contributed by atoms with Crippen LogP contribution in [0.15, 0.2) is 0 Å². The minimum absolute atomic E-state index is 0.0252. The number of nitrogens with two attached hydrogens (primary N) is 1. The van der Waals surface area contributed by atoms with Crippen molar-refractivity contribution in [2.24, 2.45) is 17.6 Å². The largest absolute Gasteiger partial charge is 0.392 e. The van der Waals surface area contributed by atoms with E-state index < -0.39 is 15.3 Å². The third kappa shape index (κ3) is 4.48. The van der Waals surface area contributed by atoms with E-state index in [1.165, 1.54) is 26.2 Å². The number of hydrogen-bond donors (Lipinski definition) is 2. The smallest absolute Gasteiger partial charge is 0.220 e. The Morgan fingerprint density at radius 3 is 2.28 bits per heavy atom. The second-order valence-electron chi connectivity index (χ2n) is 5.23. The molecule has 1 rings (SSSR count). The topological polar surface area (TPSA) is 72.2 Å². The molecule has 18 heavy (non-hydrogen) atoms. The highest BCUT2D eigenvalue weighted by molar-refractivity contribution is 7.93. The number of nitrogens with one attached hydrogen (secondary N) is 1. The van der Waals surface area contributed by atoms with Gasteiger partial charge in [0.1, 0.15) is 5.25 Å². The predicted octanol–water partition coefficient (Wildman–Crippen LogP) is 1.80. The van der Waals surface area contributed by atoms with Gasteiger partial charge in [0.15, 0.2) is 0 Å². The first-order valence-corrected chi connectivity index (χ1v) is 8.60. The van der Waals surface area contributed by atoms with E-state index in [1.807, 2.05) is 0 Å². The van der Waals surface area contributed by atoms with Crippen LogP contribution in [0.4, 0.5) is 0 Å². The SMILES string of the molecule is CCC1CCC(CNS(=O)(=O)C(C)C(N)=S)CC1. The molecule has 1 fully saturated rings. The fourth-order valence-electron chi connectivity index (χ4n) is 2.36. The Kier molecular flexibility index (Phi) is 6.01. The molecule has 0 spiro atoms. The molecule has 0 aliphatic heterocycles. The van der Waals surface area contributed by atoms with Gasteiger partial charge in [-0.05, 0) is 31.6 Å². The lowest BCUT2D eigenvalue weighted by atomic mass is 9.81. The highest BCUT2D eigenvalue weighted by Crippen LogP contribution is 2.30. The second kappa shape index (κ2) is 6.82. The van der Waals surface area contributed by atoms with E-state index in [-0.39, 0.29) is 4.99 Å². The Bertz CT molecular complexity index is 374. The molecule has 0 aromatic rings. The summed E-state index contributed by atoms with van der Waals surface area (Å²) in [5.74, 6) is 1.29. The van der Waals surface area contributed by atoms with Crippen molar-refractivity contribution in [3.05, 3.63) is 0 Å². The summed E-state index contributed by atoms with van der Waals surface area (Å²) in [6.45, 7) is 4.27. The molecular formula is C12H24N2O2S2. The van der Waals surface area contributed by atoms with Crippen LogP contribution in [0.1, 0.15) is 46.0 Å². The number of rotatable bonds is 6. The van der Waals surface area contributed by atoms with Crippen molar-refractivity contribution in [2.75, 3.05) is 6.54 Å². The maximum Gasteiger partial charge on any atom is 0.220 e. The van der Waals surface area contributed by atoms with E-state index >= 15 is 0 Å². The molecule has 1 aliphatic carbocycles. The monoisotopic (exact) mass is 292 g/mol. The van der Waals surface area contributed by atoms with Crippen LogP contribution in [0.2, 0.25) is 0 Å². The van der Waals surface area contributed by atoms with Crippen molar-refractivity contribution >= 4 is 27.2 Å². The molecule has 0 amide bonds. The average Bonchev–Trinajstić information content (AvgIpc) is 2.36. The van der Waals surface area contributed by atoms with Crippen molar-refractivity contribution in [2.45, 2.75) is 51.2 Å². The summed E-state index contributed by atoms with van der Waals surface area (Å²) >= 11 is 4.73. The molecule has 0 bridgehead atoms. The maximum absolute atomic E-state index is 11.9. The molecule has 4 nitrogen and oxygen atoms in total. The standard InChI is InChI=1S/C12H24N2O2S2/c1-3-10-4-6-11(7-5-10)8-14-18(15,16)9(2)12(13)17/h9-11,14H,3-8H2,1-2H3,(H2,13,17). The highest BCUT2D eigenvalue weighted by atomic mass is 32.2. The lowest BCUT2D eigenvalue weighted by molar-refractivity contribution is 0.270. The van der Waals surface area contributed by atoms with Crippen LogP contribution in [0, 0.1) is 11.8 Å². The lowest BCUT2D eigenvalue weighted by Gasteiger charge is -2.28. The van der Waals surface area contributed by atoms with Crippen LogP contribution < -0.4 is 10.5 Å². The van der Waals surface area contributed by atoms with E-state index in [9.17, 15) is 8.42 Å². The van der Waals surface area contributed by atoms with Gasteiger partial charge in [-0.2, -0.15) is 0 Å². The Hall–Kier alpha value is -0.200. The van der Waals surface area contributed by atoms with E-state index in [2.05, 4.69) is 11.6 Å². The minimum atomic E-state index is -3.39. The van der Waals surface area contributed by atoms with Gasteiger partial charge in [0.05, 0.1) is 4.99 Å². The molecule has 1 aliphatic rings. The zero-order valence-electron chi connectivity index (χ0n) is 11.2. The van der Waals surface area contributed by atoms with E-state index in [1.54, 1.807) is 0 Å². The van der Waals surface area contributed by atoms with Gasteiger partial charge >= 0.3 is 0 Å². The Balaban J connectivity index is 2.40. The molecule has 0 aromatic heterocycles. The van der Waals surface area contributed by atoms with Crippen LogP contribution in [0.25, 0.3) is 0 Å². The highest BCUT2D eigenvalue weighted by Gasteiger charge is 2.25. The summed E-state index contributed by atoms with van der Waals surface area (Å²) in [5.41, 5.74) is 5.38. The summed E-state index contributed by atoms with van der Waals surface area (Å²) in [5, 5.41) is -0.792. The molecule has 0 saturated heterocycles. The van der Waals surface area contributed by atoms with Gasteiger partial charge in [0.2, 0.25) is 10.0 Å². The molecule has 1 unspecified atom stereocenters. The first kappa shape index (κ1) is 15.9. The van der Waals surface area contributed by atoms with E-state index in [4.69, 9.17) is 18.0 Å². The van der Waals surface area contributed by atoms with Crippen LogP contribution >= 0.6 is 12.2 Å². The normalized spacial score (nSPS) is 26.8. The van der Waals surface area contributed by atoms with Gasteiger partial charge in [0, 0.05) is 6.54 Å². The molecule has 6 heteroatoms. The van der Waals surface area contributed by atoms with Gasteiger partial charge in [-0.1, -0.05) is 38.4 Å². The molecular weight excluding hydrogens is 268 g/mol. The summed E-state index contributed by atoms with van der Waals surface area (Å²) in [6.07, 6.45) is 5.89. The Morgan fingerprint density at radius 1 is 1.33 bits per heavy atom. The van der Waals surface area contributed by atoms with Gasteiger partial charge < -0.3 is 5.73 Å². The first-order chi connectivity index (χ1) is 8.36. The Morgan fingerprint density at radius 2 is 1.83 bits per heavy atom. The third-order valence-corrected chi connectivity index (χ3v) is 6.24. The fraction of sp³-hybridized carbons (Fsp3) is 0.917. The second-order valence-corrected chi connectivity index (χ2v) is 7.79. The van der Waals surface area contributed by atoms with Crippen molar-refractivity contribution < 1.29 is 8.42 Å². The van der Waals surface area contributed by atoms with Crippen LogP contribution in [0.3, 0.4) is 0 Å². The summed E-state index contributed by atoms with van der Waals surface area (Å²) in [6, 6.07) is 0. The van der Waals surface area contributed by atoms with E-state index in [0.29, 0.717) is 12.5 Å². The van der Waals surface area contributed by atoms with Crippen molar-refractivity contribution in [3.63, 3.8) is 0 Å². The van der Waals surface area contributed by atoms with Gasteiger partial charge in [0.25, 0.3) is 0 Å². The molecule has 1 saturated carbocycles. The van der Waals surface area contributed by atoms with Crippen LogP contribution in [-0.2, 0) is 10.0 Å².